The van der Waals surface area contributed by atoms with E-state index in [0.29, 0.717) is 0 Å². The van der Waals surface area contributed by atoms with Crippen molar-refractivity contribution in [1.82, 2.24) is 0 Å². The highest BCUT2D eigenvalue weighted by Gasteiger charge is 2.20. The van der Waals surface area contributed by atoms with Gasteiger partial charge in [-0.1, -0.05) is 121 Å². The van der Waals surface area contributed by atoms with Crippen LogP contribution in [-0.2, 0) is 0 Å². The van der Waals surface area contributed by atoms with Crippen LogP contribution in [0.5, 0.6) is 0 Å². The fourth-order valence-electron chi connectivity index (χ4n) is 7.29. The summed E-state index contributed by atoms with van der Waals surface area (Å²) in [6.07, 6.45) is 0. The molecule has 10 rings (SSSR count). The molecule has 8 aromatic carbocycles. The van der Waals surface area contributed by atoms with Crippen LogP contribution in [0, 0.1) is 0 Å². The minimum absolute atomic E-state index is 0.921. The van der Waals surface area contributed by atoms with Gasteiger partial charge in [-0.05, 0) is 67.7 Å². The SMILES string of the molecule is c1ccc2cc3c(cc2c1)sc1cc(-c2c4ccccc4c(-c4cccc5c4oc4ccccc45)c4ccccc24)ccc13. The molecule has 44 heavy (non-hydrogen) atoms. The highest BCUT2D eigenvalue weighted by Crippen LogP contribution is 2.47. The first kappa shape index (κ1) is 24.0. The number of para-hydroxylation sites is 2. The Bertz CT molecular complexity index is 2720. The summed E-state index contributed by atoms with van der Waals surface area (Å²) in [6, 6.07) is 53.0. The van der Waals surface area contributed by atoms with Gasteiger partial charge in [-0.3, -0.25) is 0 Å². The van der Waals surface area contributed by atoms with E-state index in [1.165, 1.54) is 69.2 Å². The zero-order valence-corrected chi connectivity index (χ0v) is 24.5. The third-order valence-electron chi connectivity index (χ3n) is 9.23. The highest BCUT2D eigenvalue weighted by molar-refractivity contribution is 7.25. The van der Waals surface area contributed by atoms with Gasteiger partial charge in [-0.15, -0.1) is 11.3 Å². The zero-order chi connectivity index (χ0) is 28.8. The van der Waals surface area contributed by atoms with Crippen molar-refractivity contribution in [2.45, 2.75) is 0 Å². The second kappa shape index (κ2) is 9.03. The molecule has 0 bridgehead atoms. The van der Waals surface area contributed by atoms with Crippen LogP contribution in [-0.4, -0.2) is 0 Å². The van der Waals surface area contributed by atoms with Gasteiger partial charge in [0, 0.05) is 42.1 Å². The summed E-state index contributed by atoms with van der Waals surface area (Å²) in [5.41, 5.74) is 6.74. The zero-order valence-electron chi connectivity index (χ0n) is 23.7. The molecular formula is C42H24OS. The topological polar surface area (TPSA) is 13.1 Å². The van der Waals surface area contributed by atoms with Gasteiger partial charge in [0.2, 0.25) is 0 Å². The van der Waals surface area contributed by atoms with E-state index in [1.807, 2.05) is 17.4 Å². The van der Waals surface area contributed by atoms with Crippen LogP contribution in [0.1, 0.15) is 0 Å². The Balaban J connectivity index is 1.28. The lowest BCUT2D eigenvalue weighted by Crippen LogP contribution is -1.91. The summed E-state index contributed by atoms with van der Waals surface area (Å²) < 4.78 is 9.21. The number of benzene rings is 8. The third kappa shape index (κ3) is 3.35. The molecule has 0 radical (unpaired) electrons. The molecule has 0 atom stereocenters. The van der Waals surface area contributed by atoms with Gasteiger partial charge in [0.25, 0.3) is 0 Å². The van der Waals surface area contributed by atoms with E-state index >= 15 is 0 Å². The van der Waals surface area contributed by atoms with Crippen LogP contribution in [0.3, 0.4) is 0 Å². The monoisotopic (exact) mass is 576 g/mol. The minimum atomic E-state index is 0.921. The predicted molar refractivity (Wildman–Crippen MR) is 190 cm³/mol. The molecule has 0 spiro atoms. The second-order valence-corrected chi connectivity index (χ2v) is 12.7. The van der Waals surface area contributed by atoms with Gasteiger partial charge >= 0.3 is 0 Å². The van der Waals surface area contributed by atoms with Gasteiger partial charge in [-0.2, -0.15) is 0 Å². The van der Waals surface area contributed by atoms with Crippen LogP contribution < -0.4 is 0 Å². The van der Waals surface area contributed by atoms with E-state index in [4.69, 9.17) is 4.42 Å². The van der Waals surface area contributed by atoms with Crippen LogP contribution in [0.4, 0.5) is 0 Å². The maximum absolute atomic E-state index is 6.56. The molecule has 0 fully saturated rings. The Morgan fingerprint density at radius 3 is 1.73 bits per heavy atom. The number of rotatable bonds is 2. The van der Waals surface area contributed by atoms with Gasteiger partial charge in [0.1, 0.15) is 11.2 Å². The van der Waals surface area contributed by atoms with Crippen molar-refractivity contribution in [1.29, 1.82) is 0 Å². The van der Waals surface area contributed by atoms with Crippen molar-refractivity contribution in [3.05, 3.63) is 146 Å². The van der Waals surface area contributed by atoms with Crippen LogP contribution in [0.15, 0.2) is 150 Å². The average molecular weight is 577 g/mol. The molecular weight excluding hydrogens is 553 g/mol. The molecule has 10 aromatic rings. The van der Waals surface area contributed by atoms with E-state index in [1.54, 1.807) is 0 Å². The number of hydrogen-bond donors (Lipinski definition) is 0. The molecule has 2 heterocycles. The van der Waals surface area contributed by atoms with Crippen LogP contribution in [0.25, 0.3) is 96.7 Å². The lowest BCUT2D eigenvalue weighted by molar-refractivity contribution is 0.670. The molecule has 2 aromatic heterocycles. The summed E-state index contributed by atoms with van der Waals surface area (Å²) in [6.45, 7) is 0. The molecule has 0 amide bonds. The molecule has 204 valence electrons. The summed E-state index contributed by atoms with van der Waals surface area (Å²) in [5, 5.41) is 12.5. The summed E-state index contributed by atoms with van der Waals surface area (Å²) >= 11 is 1.89. The first-order chi connectivity index (χ1) is 21.8. The van der Waals surface area contributed by atoms with Crippen LogP contribution >= 0.6 is 11.3 Å². The molecule has 0 aliphatic carbocycles. The largest absolute Gasteiger partial charge is 0.455 e. The summed E-state index contributed by atoms with van der Waals surface area (Å²) in [7, 11) is 0. The number of fused-ring (bicyclic) bond motifs is 9. The number of thiophene rings is 1. The Kier molecular flexibility index (Phi) is 4.94. The number of furan rings is 1. The van der Waals surface area contributed by atoms with E-state index in [9.17, 15) is 0 Å². The van der Waals surface area contributed by atoms with Crippen molar-refractivity contribution < 1.29 is 4.42 Å². The van der Waals surface area contributed by atoms with Gasteiger partial charge in [-0.25, -0.2) is 0 Å². The molecule has 2 heteroatoms. The van der Waals surface area contributed by atoms with Crippen molar-refractivity contribution in [3.63, 3.8) is 0 Å². The van der Waals surface area contributed by atoms with E-state index < -0.39 is 0 Å². The van der Waals surface area contributed by atoms with Crippen LogP contribution in [0.2, 0.25) is 0 Å². The summed E-state index contributed by atoms with van der Waals surface area (Å²) in [5.74, 6) is 0. The maximum Gasteiger partial charge on any atom is 0.143 e. The minimum Gasteiger partial charge on any atom is -0.455 e. The first-order valence-electron chi connectivity index (χ1n) is 15.0. The maximum atomic E-state index is 6.56. The molecule has 0 N–H and O–H groups in total. The second-order valence-electron chi connectivity index (χ2n) is 11.6. The van der Waals surface area contributed by atoms with E-state index in [0.717, 1.165) is 27.5 Å². The Morgan fingerprint density at radius 1 is 0.386 bits per heavy atom. The Morgan fingerprint density at radius 2 is 0.977 bits per heavy atom. The van der Waals surface area contributed by atoms with Gasteiger partial charge < -0.3 is 4.42 Å². The fourth-order valence-corrected chi connectivity index (χ4v) is 8.47. The standard InChI is InChI=1S/C42H24OS/c1-2-11-26-23-39-36(22-25(26)10-1)29-21-20-27(24-38(29)44-39)40-30-13-3-5-15-32(30)41(33-16-6-4-14-31(33)40)35-18-9-17-34-28-12-7-8-19-37(28)43-42(34)35/h1-24H. The molecule has 0 aliphatic rings. The van der Waals surface area contributed by atoms with Gasteiger partial charge in [0.05, 0.1) is 0 Å². The highest BCUT2D eigenvalue weighted by atomic mass is 32.1. The number of hydrogen-bond acceptors (Lipinski definition) is 2. The van der Waals surface area contributed by atoms with E-state index in [-0.39, 0.29) is 0 Å². The Hall–Kier alpha value is -5.44. The molecule has 0 saturated heterocycles. The van der Waals surface area contributed by atoms with Crippen molar-refractivity contribution >= 4 is 85.8 Å². The smallest absolute Gasteiger partial charge is 0.143 e. The fraction of sp³-hybridized carbons (Fsp3) is 0. The first-order valence-corrected chi connectivity index (χ1v) is 15.8. The lowest BCUT2D eigenvalue weighted by Gasteiger charge is -2.18. The predicted octanol–water partition coefficient (Wildman–Crippen LogP) is 12.7. The normalized spacial score (nSPS) is 12.1. The van der Waals surface area contributed by atoms with Crippen molar-refractivity contribution in [2.75, 3.05) is 0 Å². The lowest BCUT2D eigenvalue weighted by atomic mass is 9.85. The Labute approximate surface area is 257 Å². The molecule has 0 unspecified atom stereocenters. The van der Waals surface area contributed by atoms with Gasteiger partial charge in [0.15, 0.2) is 0 Å². The quantitative estimate of drug-likeness (QED) is 0.187. The molecule has 0 saturated carbocycles. The van der Waals surface area contributed by atoms with Crippen molar-refractivity contribution in [3.8, 4) is 22.3 Å². The average Bonchev–Trinajstić information content (AvgIpc) is 3.63. The van der Waals surface area contributed by atoms with E-state index in [2.05, 4.69) is 140 Å². The molecule has 1 nitrogen and oxygen atoms in total. The van der Waals surface area contributed by atoms with Crippen molar-refractivity contribution in [2.24, 2.45) is 0 Å². The molecule has 0 aliphatic heterocycles. The summed E-state index contributed by atoms with van der Waals surface area (Å²) in [4.78, 5) is 0. The third-order valence-corrected chi connectivity index (χ3v) is 10.3.